The van der Waals surface area contributed by atoms with Gasteiger partial charge < -0.3 is 4.57 Å². The molecule has 2 N–H and O–H groups in total. The van der Waals surface area contributed by atoms with Crippen LogP contribution in [0, 0.1) is 12.7 Å². The van der Waals surface area contributed by atoms with Gasteiger partial charge in [0.1, 0.15) is 17.2 Å². The minimum absolute atomic E-state index is 0.0335. The second-order valence-corrected chi connectivity index (χ2v) is 8.08. The van der Waals surface area contributed by atoms with Crippen LogP contribution in [0.3, 0.4) is 0 Å². The highest BCUT2D eigenvalue weighted by Gasteiger charge is 2.15. The number of primary sulfonamides is 1. The molecule has 2 heterocycles. The summed E-state index contributed by atoms with van der Waals surface area (Å²) in [6.45, 7) is 2.16. The number of nitrogens with zero attached hydrogens (tertiary/aromatic N) is 3. The van der Waals surface area contributed by atoms with Crippen LogP contribution >= 0.6 is 0 Å². The summed E-state index contributed by atoms with van der Waals surface area (Å²) >= 11 is 0. The lowest BCUT2D eigenvalue weighted by Gasteiger charge is -2.10. The Morgan fingerprint density at radius 1 is 1.11 bits per heavy atom. The van der Waals surface area contributed by atoms with Crippen molar-refractivity contribution in [3.8, 4) is 11.4 Å². The SMILES string of the molecule is Cc1cc(Cn2c(-c3ccc(S(N)(=O)=O)cc3)nc3cccnc32)ccc1F. The van der Waals surface area contributed by atoms with Crippen LogP contribution in [0.5, 0.6) is 0 Å². The van der Waals surface area contributed by atoms with Gasteiger partial charge >= 0.3 is 0 Å². The van der Waals surface area contributed by atoms with Crippen molar-refractivity contribution < 1.29 is 12.8 Å². The molecule has 0 spiro atoms. The number of sulfonamides is 1. The van der Waals surface area contributed by atoms with E-state index in [9.17, 15) is 12.8 Å². The number of benzene rings is 2. The standard InChI is InChI=1S/C20H17FN4O2S/c1-13-11-14(4-9-17(13)21)12-25-19(24-18-3-2-10-23-20(18)25)15-5-7-16(8-6-15)28(22,26)27/h2-11H,12H2,1H3,(H2,22,26,27). The van der Waals surface area contributed by atoms with Gasteiger partial charge in [0.25, 0.3) is 0 Å². The fraction of sp³-hybridized carbons (Fsp3) is 0.100. The largest absolute Gasteiger partial charge is 0.304 e. The van der Waals surface area contributed by atoms with Gasteiger partial charge in [-0.15, -0.1) is 0 Å². The number of rotatable bonds is 4. The van der Waals surface area contributed by atoms with Crippen molar-refractivity contribution in [1.82, 2.24) is 14.5 Å². The molecule has 0 unspecified atom stereocenters. The first-order valence-corrected chi connectivity index (χ1v) is 10.1. The summed E-state index contributed by atoms with van der Waals surface area (Å²) in [4.78, 5) is 9.12. The zero-order valence-corrected chi connectivity index (χ0v) is 15.8. The molecule has 0 aliphatic heterocycles. The summed E-state index contributed by atoms with van der Waals surface area (Å²) in [5.41, 5.74) is 3.60. The Kier molecular flexibility index (Phi) is 4.44. The van der Waals surface area contributed by atoms with Crippen LogP contribution in [-0.4, -0.2) is 23.0 Å². The highest BCUT2D eigenvalue weighted by Crippen LogP contribution is 2.26. The van der Waals surface area contributed by atoms with Crippen LogP contribution < -0.4 is 5.14 Å². The highest BCUT2D eigenvalue weighted by molar-refractivity contribution is 7.89. The summed E-state index contributed by atoms with van der Waals surface area (Å²) in [5.74, 6) is 0.382. The van der Waals surface area contributed by atoms with Crippen molar-refractivity contribution in [3.05, 3.63) is 77.7 Å². The number of imidazole rings is 1. The number of hydrogen-bond acceptors (Lipinski definition) is 4. The van der Waals surface area contributed by atoms with Crippen molar-refractivity contribution >= 4 is 21.2 Å². The zero-order chi connectivity index (χ0) is 19.9. The third-order valence-electron chi connectivity index (χ3n) is 4.51. The molecule has 0 aliphatic carbocycles. The van der Waals surface area contributed by atoms with Crippen LogP contribution in [0.1, 0.15) is 11.1 Å². The van der Waals surface area contributed by atoms with Crippen LogP contribution in [0.15, 0.2) is 65.7 Å². The summed E-state index contributed by atoms with van der Waals surface area (Å²) in [6, 6.07) is 14.8. The molecule has 0 atom stereocenters. The first kappa shape index (κ1) is 18.3. The van der Waals surface area contributed by atoms with E-state index in [0.29, 0.717) is 29.1 Å². The summed E-state index contributed by atoms with van der Waals surface area (Å²) in [7, 11) is -3.77. The monoisotopic (exact) mass is 396 g/mol. The Balaban J connectivity index is 1.84. The van der Waals surface area contributed by atoms with Crippen LogP contribution in [0.4, 0.5) is 4.39 Å². The predicted molar refractivity (Wildman–Crippen MR) is 105 cm³/mol. The van der Waals surface area contributed by atoms with E-state index in [0.717, 1.165) is 11.1 Å². The molecule has 0 fully saturated rings. The van der Waals surface area contributed by atoms with Crippen LogP contribution in [-0.2, 0) is 16.6 Å². The van der Waals surface area contributed by atoms with Crippen LogP contribution in [0.2, 0.25) is 0 Å². The van der Waals surface area contributed by atoms with Crippen LogP contribution in [0.25, 0.3) is 22.6 Å². The lowest BCUT2D eigenvalue weighted by Crippen LogP contribution is -2.11. The number of pyridine rings is 1. The first-order chi connectivity index (χ1) is 13.3. The van der Waals surface area contributed by atoms with Crippen molar-refractivity contribution in [3.63, 3.8) is 0 Å². The van der Waals surface area contributed by atoms with Gasteiger partial charge in [-0.05, 0) is 60.5 Å². The van der Waals surface area contributed by atoms with E-state index in [1.807, 2.05) is 10.6 Å². The molecule has 8 heteroatoms. The summed E-state index contributed by atoms with van der Waals surface area (Å²) in [6.07, 6.45) is 1.68. The molecule has 0 aliphatic rings. The Bertz CT molecular complexity index is 1280. The Labute approximate surface area is 161 Å². The number of halogens is 1. The third kappa shape index (κ3) is 3.39. The summed E-state index contributed by atoms with van der Waals surface area (Å²) in [5, 5.41) is 5.18. The van der Waals surface area contributed by atoms with E-state index in [4.69, 9.17) is 5.14 Å². The minimum atomic E-state index is -3.77. The van der Waals surface area contributed by atoms with Gasteiger partial charge in [-0.25, -0.2) is 27.9 Å². The number of fused-ring (bicyclic) bond motifs is 1. The van der Waals surface area contributed by atoms with E-state index in [-0.39, 0.29) is 10.7 Å². The Hall–Kier alpha value is -3.10. The third-order valence-corrected chi connectivity index (χ3v) is 5.44. The highest BCUT2D eigenvalue weighted by atomic mass is 32.2. The van der Waals surface area contributed by atoms with E-state index in [1.165, 1.54) is 18.2 Å². The quantitative estimate of drug-likeness (QED) is 0.573. The van der Waals surface area contributed by atoms with Gasteiger partial charge in [0.15, 0.2) is 5.65 Å². The molecule has 0 saturated heterocycles. The Morgan fingerprint density at radius 2 is 1.86 bits per heavy atom. The number of aromatic nitrogens is 3. The van der Waals surface area contributed by atoms with Crippen molar-refractivity contribution in [2.24, 2.45) is 5.14 Å². The smallest absolute Gasteiger partial charge is 0.238 e. The fourth-order valence-corrected chi connectivity index (χ4v) is 3.63. The molecule has 142 valence electrons. The van der Waals surface area contributed by atoms with E-state index >= 15 is 0 Å². The van der Waals surface area contributed by atoms with Crippen molar-refractivity contribution in [2.45, 2.75) is 18.4 Å². The lowest BCUT2D eigenvalue weighted by molar-refractivity contribution is 0.598. The molecule has 4 rings (SSSR count). The van der Waals surface area contributed by atoms with Crippen molar-refractivity contribution in [1.29, 1.82) is 0 Å². The topological polar surface area (TPSA) is 90.9 Å². The second kappa shape index (κ2) is 6.81. The normalized spacial score (nSPS) is 11.8. The van der Waals surface area contributed by atoms with Gasteiger partial charge in [-0.2, -0.15) is 0 Å². The average molecular weight is 396 g/mol. The molecule has 0 radical (unpaired) electrons. The van der Waals surface area contributed by atoms with E-state index in [2.05, 4.69) is 9.97 Å². The van der Waals surface area contributed by atoms with Gasteiger partial charge in [-0.1, -0.05) is 12.1 Å². The molecule has 2 aromatic carbocycles. The number of aryl methyl sites for hydroxylation is 1. The lowest BCUT2D eigenvalue weighted by atomic mass is 10.1. The maximum Gasteiger partial charge on any atom is 0.238 e. The number of nitrogens with two attached hydrogens (primary N) is 1. The van der Waals surface area contributed by atoms with E-state index < -0.39 is 10.0 Å². The fourth-order valence-electron chi connectivity index (χ4n) is 3.11. The predicted octanol–water partition coefficient (Wildman–Crippen LogP) is 3.24. The average Bonchev–Trinajstić information content (AvgIpc) is 3.03. The molecular weight excluding hydrogens is 379 g/mol. The molecule has 6 nitrogen and oxygen atoms in total. The summed E-state index contributed by atoms with van der Waals surface area (Å²) < 4.78 is 38.6. The van der Waals surface area contributed by atoms with Gasteiger partial charge in [0.05, 0.1) is 11.4 Å². The zero-order valence-electron chi connectivity index (χ0n) is 15.0. The van der Waals surface area contributed by atoms with Gasteiger partial charge in [0.2, 0.25) is 10.0 Å². The number of hydrogen-bond donors (Lipinski definition) is 1. The maximum absolute atomic E-state index is 13.6. The molecule has 0 bridgehead atoms. The Morgan fingerprint density at radius 3 is 2.54 bits per heavy atom. The molecule has 28 heavy (non-hydrogen) atoms. The molecule has 0 saturated carbocycles. The molecular formula is C20H17FN4O2S. The molecule has 0 amide bonds. The first-order valence-electron chi connectivity index (χ1n) is 8.52. The minimum Gasteiger partial charge on any atom is -0.304 e. The second-order valence-electron chi connectivity index (χ2n) is 6.52. The van der Waals surface area contributed by atoms with E-state index in [1.54, 1.807) is 43.5 Å². The molecule has 2 aromatic heterocycles. The van der Waals surface area contributed by atoms with Gasteiger partial charge in [0, 0.05) is 11.8 Å². The maximum atomic E-state index is 13.6. The van der Waals surface area contributed by atoms with Crippen molar-refractivity contribution in [2.75, 3.05) is 0 Å². The van der Waals surface area contributed by atoms with Gasteiger partial charge in [-0.3, -0.25) is 0 Å². The molecule has 4 aromatic rings.